The lowest BCUT2D eigenvalue weighted by molar-refractivity contribution is -0.119. The van der Waals surface area contributed by atoms with Gasteiger partial charge in [-0.2, -0.15) is 0 Å². The van der Waals surface area contributed by atoms with Crippen molar-refractivity contribution in [3.63, 3.8) is 0 Å². The molecule has 0 saturated carbocycles. The van der Waals surface area contributed by atoms with Crippen LogP contribution in [0.15, 0.2) is 18.2 Å². The Bertz CT molecular complexity index is 435. The smallest absolute Gasteiger partial charge is 0.226 e. The zero-order valence-corrected chi connectivity index (χ0v) is 10.0. The number of hydrogen-bond donors (Lipinski definition) is 3. The van der Waals surface area contributed by atoms with Gasteiger partial charge in [0.25, 0.3) is 0 Å². The van der Waals surface area contributed by atoms with E-state index in [9.17, 15) is 14.7 Å². The highest BCUT2D eigenvalue weighted by Crippen LogP contribution is 2.26. The SMILES string of the molecule is CC(=O)NCCC(=O)Nc1cc(Cl)ccc1O. The van der Waals surface area contributed by atoms with Crippen molar-refractivity contribution < 1.29 is 14.7 Å². The number of aromatic hydroxyl groups is 1. The average Bonchev–Trinajstić information content (AvgIpc) is 2.23. The van der Waals surface area contributed by atoms with E-state index < -0.39 is 0 Å². The van der Waals surface area contributed by atoms with Gasteiger partial charge in [-0.05, 0) is 18.2 Å². The molecular formula is C11H13ClN2O3. The Labute approximate surface area is 104 Å². The third-order valence-corrected chi connectivity index (χ3v) is 2.19. The molecule has 0 atom stereocenters. The first kappa shape index (κ1) is 13.3. The second-order valence-corrected chi connectivity index (χ2v) is 3.88. The van der Waals surface area contributed by atoms with E-state index in [1.165, 1.54) is 25.1 Å². The van der Waals surface area contributed by atoms with Gasteiger partial charge in [0.2, 0.25) is 11.8 Å². The first-order valence-corrected chi connectivity index (χ1v) is 5.39. The van der Waals surface area contributed by atoms with Crippen LogP contribution in [0.5, 0.6) is 5.75 Å². The minimum atomic E-state index is -0.309. The molecule has 0 spiro atoms. The van der Waals surface area contributed by atoms with E-state index in [1.807, 2.05) is 0 Å². The van der Waals surface area contributed by atoms with Crippen LogP contribution in [0.4, 0.5) is 5.69 Å². The van der Waals surface area contributed by atoms with Crippen LogP contribution in [0.2, 0.25) is 5.02 Å². The van der Waals surface area contributed by atoms with Crippen LogP contribution in [0.1, 0.15) is 13.3 Å². The van der Waals surface area contributed by atoms with Gasteiger partial charge < -0.3 is 15.7 Å². The number of phenolic OH excluding ortho intramolecular Hbond substituents is 1. The zero-order chi connectivity index (χ0) is 12.8. The van der Waals surface area contributed by atoms with Crippen LogP contribution in [0.3, 0.4) is 0 Å². The number of anilines is 1. The monoisotopic (exact) mass is 256 g/mol. The van der Waals surface area contributed by atoms with Gasteiger partial charge in [0.05, 0.1) is 5.69 Å². The number of phenols is 1. The second kappa shape index (κ2) is 6.10. The summed E-state index contributed by atoms with van der Waals surface area (Å²) >= 11 is 5.73. The predicted molar refractivity (Wildman–Crippen MR) is 65.0 cm³/mol. The summed E-state index contributed by atoms with van der Waals surface area (Å²) in [5.74, 6) is -0.554. The summed E-state index contributed by atoms with van der Waals surface area (Å²) in [6, 6.07) is 4.36. The molecule has 0 aromatic heterocycles. The molecule has 0 aliphatic carbocycles. The van der Waals surface area contributed by atoms with Gasteiger partial charge in [-0.15, -0.1) is 0 Å². The molecule has 3 N–H and O–H groups in total. The average molecular weight is 257 g/mol. The Hall–Kier alpha value is -1.75. The largest absolute Gasteiger partial charge is 0.506 e. The zero-order valence-electron chi connectivity index (χ0n) is 9.29. The number of carbonyl (C=O) groups excluding carboxylic acids is 2. The van der Waals surface area contributed by atoms with Crippen molar-refractivity contribution in [2.45, 2.75) is 13.3 Å². The van der Waals surface area contributed by atoms with Crippen LogP contribution in [0.25, 0.3) is 0 Å². The van der Waals surface area contributed by atoms with E-state index in [-0.39, 0.29) is 36.2 Å². The van der Waals surface area contributed by atoms with Gasteiger partial charge in [0.15, 0.2) is 0 Å². The van der Waals surface area contributed by atoms with Crippen LogP contribution < -0.4 is 10.6 Å². The predicted octanol–water partition coefficient (Wildman–Crippen LogP) is 1.51. The van der Waals surface area contributed by atoms with Crippen LogP contribution >= 0.6 is 11.6 Å². The molecule has 0 radical (unpaired) electrons. The maximum Gasteiger partial charge on any atom is 0.226 e. The van der Waals surface area contributed by atoms with Gasteiger partial charge in [-0.25, -0.2) is 0 Å². The van der Waals surface area contributed by atoms with Crippen molar-refractivity contribution in [1.82, 2.24) is 5.32 Å². The molecule has 0 bridgehead atoms. The van der Waals surface area contributed by atoms with E-state index >= 15 is 0 Å². The van der Waals surface area contributed by atoms with Crippen LogP contribution in [-0.4, -0.2) is 23.5 Å². The fraction of sp³-hybridized carbons (Fsp3) is 0.273. The highest BCUT2D eigenvalue weighted by atomic mass is 35.5. The van der Waals surface area contributed by atoms with Gasteiger partial charge in [-0.3, -0.25) is 9.59 Å². The number of hydrogen-bond acceptors (Lipinski definition) is 3. The lowest BCUT2D eigenvalue weighted by atomic mass is 10.3. The standard InChI is InChI=1S/C11H13ClN2O3/c1-7(15)13-5-4-11(17)14-9-6-8(12)2-3-10(9)16/h2-3,6,16H,4-5H2,1H3,(H,13,15)(H,14,17). The minimum Gasteiger partial charge on any atom is -0.506 e. The van der Waals surface area contributed by atoms with Crippen molar-refractivity contribution in [1.29, 1.82) is 0 Å². The molecule has 1 aromatic carbocycles. The number of halogens is 1. The van der Waals surface area contributed by atoms with Crippen molar-refractivity contribution in [2.24, 2.45) is 0 Å². The Kier molecular flexibility index (Phi) is 4.78. The van der Waals surface area contributed by atoms with Crippen molar-refractivity contribution >= 4 is 29.1 Å². The minimum absolute atomic E-state index is 0.0534. The Morgan fingerprint density at radius 1 is 1.41 bits per heavy atom. The lowest BCUT2D eigenvalue weighted by Gasteiger charge is -2.07. The Morgan fingerprint density at radius 2 is 2.12 bits per heavy atom. The summed E-state index contributed by atoms with van der Waals surface area (Å²) in [5, 5.41) is 14.9. The van der Waals surface area contributed by atoms with E-state index in [0.29, 0.717) is 5.02 Å². The van der Waals surface area contributed by atoms with Gasteiger partial charge >= 0.3 is 0 Å². The second-order valence-electron chi connectivity index (χ2n) is 3.44. The normalized spacial score (nSPS) is 9.76. The summed E-state index contributed by atoms with van der Waals surface area (Å²) in [7, 11) is 0. The van der Waals surface area contributed by atoms with Gasteiger partial charge in [-0.1, -0.05) is 11.6 Å². The fourth-order valence-electron chi connectivity index (χ4n) is 1.17. The Balaban J connectivity index is 2.50. The first-order valence-electron chi connectivity index (χ1n) is 5.02. The summed E-state index contributed by atoms with van der Waals surface area (Å²) < 4.78 is 0. The third-order valence-electron chi connectivity index (χ3n) is 1.96. The van der Waals surface area contributed by atoms with Gasteiger partial charge in [0.1, 0.15) is 5.75 Å². The molecule has 0 unspecified atom stereocenters. The van der Waals surface area contributed by atoms with Crippen LogP contribution in [-0.2, 0) is 9.59 Å². The summed E-state index contributed by atoms with van der Waals surface area (Å²) in [4.78, 5) is 22.0. The first-order chi connectivity index (χ1) is 7.99. The van der Waals surface area contributed by atoms with Crippen molar-refractivity contribution in [3.8, 4) is 5.75 Å². The van der Waals surface area contributed by atoms with Crippen molar-refractivity contribution in [2.75, 3.05) is 11.9 Å². The summed E-state index contributed by atoms with van der Waals surface area (Å²) in [6.07, 6.45) is 0.130. The fourth-order valence-corrected chi connectivity index (χ4v) is 1.35. The molecule has 0 fully saturated rings. The van der Waals surface area contributed by atoms with Crippen LogP contribution in [0, 0.1) is 0 Å². The lowest BCUT2D eigenvalue weighted by Crippen LogP contribution is -2.25. The number of rotatable bonds is 4. The molecule has 2 amide bonds. The molecular weight excluding hydrogens is 244 g/mol. The summed E-state index contributed by atoms with van der Waals surface area (Å²) in [5.41, 5.74) is 0.255. The van der Waals surface area contributed by atoms with E-state index in [0.717, 1.165) is 0 Å². The highest BCUT2D eigenvalue weighted by Gasteiger charge is 2.07. The number of amides is 2. The van der Waals surface area contributed by atoms with Gasteiger partial charge in [0, 0.05) is 24.9 Å². The number of carbonyl (C=O) groups is 2. The number of benzene rings is 1. The molecule has 6 heteroatoms. The quantitative estimate of drug-likeness (QED) is 0.715. The molecule has 0 aliphatic rings. The topological polar surface area (TPSA) is 78.4 Å². The summed E-state index contributed by atoms with van der Waals surface area (Å²) in [6.45, 7) is 1.63. The maximum atomic E-state index is 11.4. The maximum absolute atomic E-state index is 11.4. The number of nitrogens with one attached hydrogen (secondary N) is 2. The molecule has 0 heterocycles. The van der Waals surface area contributed by atoms with E-state index in [4.69, 9.17) is 11.6 Å². The molecule has 1 rings (SSSR count). The highest BCUT2D eigenvalue weighted by molar-refractivity contribution is 6.31. The molecule has 0 aliphatic heterocycles. The molecule has 0 saturated heterocycles. The molecule has 1 aromatic rings. The molecule has 5 nitrogen and oxygen atoms in total. The Morgan fingerprint density at radius 3 is 2.76 bits per heavy atom. The third kappa shape index (κ3) is 4.74. The van der Waals surface area contributed by atoms with Crippen molar-refractivity contribution in [3.05, 3.63) is 23.2 Å². The van der Waals surface area contributed by atoms with E-state index in [1.54, 1.807) is 0 Å². The van der Waals surface area contributed by atoms with E-state index in [2.05, 4.69) is 10.6 Å². The molecule has 92 valence electrons. The molecule has 17 heavy (non-hydrogen) atoms.